The Bertz CT molecular complexity index is 223. The van der Waals surface area contributed by atoms with Crippen LogP contribution in [0.2, 0.25) is 0 Å². The van der Waals surface area contributed by atoms with Crippen molar-refractivity contribution in [2.45, 2.75) is 58.4 Å². The summed E-state index contributed by atoms with van der Waals surface area (Å²) < 4.78 is 0. The first kappa shape index (κ1) is 11.2. The monoisotopic (exact) mass is 207 g/mol. The standard InChI is InChI=1S/C14H25N/c1-11(2)13-8-9-15-14(10-13)12-6-4-3-5-7-12/h8,11-12,14-15H,3-7,9-10H2,1-2H3. The van der Waals surface area contributed by atoms with Crippen LogP contribution < -0.4 is 5.32 Å². The van der Waals surface area contributed by atoms with Gasteiger partial charge in [0.25, 0.3) is 0 Å². The van der Waals surface area contributed by atoms with Gasteiger partial charge in [0, 0.05) is 12.6 Å². The largest absolute Gasteiger partial charge is 0.310 e. The number of hydrogen-bond acceptors (Lipinski definition) is 1. The van der Waals surface area contributed by atoms with Gasteiger partial charge in [-0.1, -0.05) is 44.8 Å². The molecule has 1 heteroatoms. The minimum absolute atomic E-state index is 0.748. The van der Waals surface area contributed by atoms with Crippen molar-refractivity contribution in [3.8, 4) is 0 Å². The van der Waals surface area contributed by atoms with Gasteiger partial charge >= 0.3 is 0 Å². The Morgan fingerprint density at radius 2 is 1.93 bits per heavy atom. The van der Waals surface area contributed by atoms with Crippen molar-refractivity contribution in [2.24, 2.45) is 11.8 Å². The Labute approximate surface area is 94.3 Å². The molecule has 1 aliphatic carbocycles. The zero-order chi connectivity index (χ0) is 10.7. The van der Waals surface area contributed by atoms with Crippen molar-refractivity contribution >= 4 is 0 Å². The molecule has 0 radical (unpaired) electrons. The molecule has 1 fully saturated rings. The molecule has 0 amide bonds. The van der Waals surface area contributed by atoms with Gasteiger partial charge in [0.1, 0.15) is 0 Å². The summed E-state index contributed by atoms with van der Waals surface area (Å²) in [5.41, 5.74) is 1.68. The predicted octanol–water partition coefficient (Wildman–Crippen LogP) is 3.51. The molecule has 2 rings (SSSR count). The second-order valence-electron chi connectivity index (χ2n) is 5.55. The van der Waals surface area contributed by atoms with Crippen molar-refractivity contribution in [3.05, 3.63) is 11.6 Å². The van der Waals surface area contributed by atoms with Gasteiger partial charge in [-0.05, 0) is 31.1 Å². The van der Waals surface area contributed by atoms with Gasteiger partial charge in [0.15, 0.2) is 0 Å². The van der Waals surface area contributed by atoms with Gasteiger partial charge in [-0.25, -0.2) is 0 Å². The molecule has 0 spiro atoms. The molecular formula is C14H25N. The fraction of sp³-hybridized carbons (Fsp3) is 0.857. The van der Waals surface area contributed by atoms with Crippen LogP contribution in [-0.2, 0) is 0 Å². The summed E-state index contributed by atoms with van der Waals surface area (Å²) in [5, 5.41) is 3.70. The summed E-state index contributed by atoms with van der Waals surface area (Å²) in [6, 6.07) is 0.785. The minimum Gasteiger partial charge on any atom is -0.310 e. The fourth-order valence-electron chi connectivity index (χ4n) is 3.09. The molecule has 1 unspecified atom stereocenters. The lowest BCUT2D eigenvalue weighted by Gasteiger charge is -2.34. The lowest BCUT2D eigenvalue weighted by molar-refractivity contribution is 0.263. The van der Waals surface area contributed by atoms with Crippen molar-refractivity contribution in [1.82, 2.24) is 5.32 Å². The smallest absolute Gasteiger partial charge is 0.0140 e. The SMILES string of the molecule is CC(C)C1=CCNC(C2CCCCC2)C1. The first-order valence-corrected chi connectivity index (χ1v) is 6.69. The lowest BCUT2D eigenvalue weighted by Crippen LogP contribution is -2.40. The molecule has 0 aromatic rings. The third-order valence-electron chi connectivity index (χ3n) is 4.16. The van der Waals surface area contributed by atoms with E-state index in [0.29, 0.717) is 0 Å². The zero-order valence-electron chi connectivity index (χ0n) is 10.3. The molecule has 1 N–H and O–H groups in total. The van der Waals surface area contributed by atoms with Gasteiger partial charge in [0.05, 0.1) is 0 Å². The highest BCUT2D eigenvalue weighted by molar-refractivity contribution is 5.12. The highest BCUT2D eigenvalue weighted by Gasteiger charge is 2.26. The number of nitrogens with one attached hydrogen (secondary N) is 1. The third-order valence-corrected chi connectivity index (χ3v) is 4.16. The first-order valence-electron chi connectivity index (χ1n) is 6.69. The van der Waals surface area contributed by atoms with Gasteiger partial charge < -0.3 is 5.32 Å². The highest BCUT2D eigenvalue weighted by Crippen LogP contribution is 2.31. The van der Waals surface area contributed by atoms with E-state index in [4.69, 9.17) is 0 Å². The Morgan fingerprint density at radius 3 is 2.60 bits per heavy atom. The second-order valence-corrected chi connectivity index (χ2v) is 5.55. The average molecular weight is 207 g/mol. The molecule has 1 saturated carbocycles. The molecule has 86 valence electrons. The third kappa shape index (κ3) is 2.84. The van der Waals surface area contributed by atoms with Crippen LogP contribution in [0.4, 0.5) is 0 Å². The van der Waals surface area contributed by atoms with Crippen LogP contribution in [0, 0.1) is 11.8 Å². The summed E-state index contributed by atoms with van der Waals surface area (Å²) >= 11 is 0. The quantitative estimate of drug-likeness (QED) is 0.683. The zero-order valence-corrected chi connectivity index (χ0v) is 10.3. The van der Waals surface area contributed by atoms with Gasteiger partial charge in [-0.2, -0.15) is 0 Å². The topological polar surface area (TPSA) is 12.0 Å². The lowest BCUT2D eigenvalue weighted by atomic mass is 9.79. The van der Waals surface area contributed by atoms with Crippen LogP contribution in [0.15, 0.2) is 11.6 Å². The Hall–Kier alpha value is -0.300. The van der Waals surface area contributed by atoms with Crippen LogP contribution in [0.25, 0.3) is 0 Å². The Kier molecular flexibility index (Phi) is 3.85. The van der Waals surface area contributed by atoms with E-state index >= 15 is 0 Å². The molecule has 0 aromatic carbocycles. The summed E-state index contributed by atoms with van der Waals surface area (Å²) in [7, 11) is 0. The molecule has 1 nitrogen and oxygen atoms in total. The van der Waals surface area contributed by atoms with E-state index in [2.05, 4.69) is 25.2 Å². The summed E-state index contributed by atoms with van der Waals surface area (Å²) in [5.74, 6) is 1.71. The summed E-state index contributed by atoms with van der Waals surface area (Å²) in [4.78, 5) is 0. The first-order chi connectivity index (χ1) is 7.27. The molecule has 2 aliphatic rings. The molecular weight excluding hydrogens is 182 g/mol. The molecule has 0 aromatic heterocycles. The molecule has 15 heavy (non-hydrogen) atoms. The Balaban J connectivity index is 1.91. The maximum absolute atomic E-state index is 3.70. The molecule has 0 saturated heterocycles. The van der Waals surface area contributed by atoms with Crippen LogP contribution in [0.5, 0.6) is 0 Å². The van der Waals surface area contributed by atoms with Gasteiger partial charge in [-0.15, -0.1) is 0 Å². The van der Waals surface area contributed by atoms with E-state index in [-0.39, 0.29) is 0 Å². The average Bonchev–Trinajstić information content (AvgIpc) is 2.30. The van der Waals surface area contributed by atoms with E-state index in [1.807, 2.05) is 0 Å². The normalized spacial score (nSPS) is 29.3. The number of rotatable bonds is 2. The highest BCUT2D eigenvalue weighted by atomic mass is 14.9. The predicted molar refractivity (Wildman–Crippen MR) is 65.9 cm³/mol. The van der Waals surface area contributed by atoms with Crippen molar-refractivity contribution in [3.63, 3.8) is 0 Å². The van der Waals surface area contributed by atoms with Crippen molar-refractivity contribution < 1.29 is 0 Å². The van der Waals surface area contributed by atoms with E-state index in [9.17, 15) is 0 Å². The van der Waals surface area contributed by atoms with Crippen LogP contribution >= 0.6 is 0 Å². The van der Waals surface area contributed by atoms with Crippen molar-refractivity contribution in [2.75, 3.05) is 6.54 Å². The number of hydrogen-bond donors (Lipinski definition) is 1. The Morgan fingerprint density at radius 1 is 1.20 bits per heavy atom. The molecule has 0 bridgehead atoms. The maximum atomic E-state index is 3.70. The van der Waals surface area contributed by atoms with Crippen LogP contribution in [0.1, 0.15) is 52.4 Å². The second kappa shape index (κ2) is 5.16. The van der Waals surface area contributed by atoms with Crippen LogP contribution in [-0.4, -0.2) is 12.6 Å². The van der Waals surface area contributed by atoms with E-state index in [1.54, 1.807) is 5.57 Å². The van der Waals surface area contributed by atoms with E-state index in [1.165, 1.54) is 38.5 Å². The molecule has 1 aliphatic heterocycles. The van der Waals surface area contributed by atoms with Gasteiger partial charge in [0.2, 0.25) is 0 Å². The molecule has 1 atom stereocenters. The minimum atomic E-state index is 0.748. The summed E-state index contributed by atoms with van der Waals surface area (Å²) in [6.07, 6.45) is 11.0. The molecule has 1 heterocycles. The van der Waals surface area contributed by atoms with E-state index < -0.39 is 0 Å². The van der Waals surface area contributed by atoms with Gasteiger partial charge in [-0.3, -0.25) is 0 Å². The van der Waals surface area contributed by atoms with E-state index in [0.717, 1.165) is 24.4 Å². The van der Waals surface area contributed by atoms with Crippen molar-refractivity contribution in [1.29, 1.82) is 0 Å². The fourth-order valence-corrected chi connectivity index (χ4v) is 3.09. The van der Waals surface area contributed by atoms with Crippen LogP contribution in [0.3, 0.4) is 0 Å². The summed E-state index contributed by atoms with van der Waals surface area (Å²) in [6.45, 7) is 5.76. The maximum Gasteiger partial charge on any atom is 0.0140 e.